The maximum atomic E-state index is 12.9. The van der Waals surface area contributed by atoms with Crippen molar-refractivity contribution in [2.24, 2.45) is 0 Å². The van der Waals surface area contributed by atoms with Crippen molar-refractivity contribution in [3.63, 3.8) is 0 Å². The summed E-state index contributed by atoms with van der Waals surface area (Å²) < 4.78 is 23.1. The van der Waals surface area contributed by atoms with E-state index >= 15 is 0 Å². The van der Waals surface area contributed by atoms with Gasteiger partial charge in [0, 0.05) is 13.6 Å². The standard InChI is InChI=1S/C18H20ClFN2O3/c1-21-16-15(22-9-8-11-4-6-12(20)7-5-11)14(19)10-13(17(16)24-2)18(23)25-3/h4-7,10,21-22H,8-9H2,1-3H3. The van der Waals surface area contributed by atoms with Crippen molar-refractivity contribution < 1.29 is 18.7 Å². The third-order valence-electron chi connectivity index (χ3n) is 3.72. The summed E-state index contributed by atoms with van der Waals surface area (Å²) in [5, 5.41) is 6.60. The van der Waals surface area contributed by atoms with Gasteiger partial charge in [0.15, 0.2) is 5.75 Å². The summed E-state index contributed by atoms with van der Waals surface area (Å²) in [6.07, 6.45) is 0.681. The summed E-state index contributed by atoms with van der Waals surface area (Å²) in [7, 11) is 4.47. The number of esters is 1. The van der Waals surface area contributed by atoms with Crippen LogP contribution in [0.3, 0.4) is 0 Å². The number of carbonyl (C=O) groups excluding carboxylic acids is 1. The number of nitrogens with one attached hydrogen (secondary N) is 2. The van der Waals surface area contributed by atoms with Gasteiger partial charge in [-0.3, -0.25) is 0 Å². The lowest BCUT2D eigenvalue weighted by Crippen LogP contribution is -2.11. The van der Waals surface area contributed by atoms with Crippen molar-refractivity contribution in [2.45, 2.75) is 6.42 Å². The van der Waals surface area contributed by atoms with Crippen LogP contribution in [0.25, 0.3) is 0 Å². The van der Waals surface area contributed by atoms with Gasteiger partial charge in [0.2, 0.25) is 0 Å². The fraction of sp³-hybridized carbons (Fsp3) is 0.278. The largest absolute Gasteiger partial charge is 0.494 e. The molecule has 0 aliphatic heterocycles. The van der Waals surface area contributed by atoms with E-state index in [-0.39, 0.29) is 11.4 Å². The molecule has 2 aromatic rings. The molecular weight excluding hydrogens is 347 g/mol. The van der Waals surface area contributed by atoms with Gasteiger partial charge in [-0.2, -0.15) is 0 Å². The molecule has 2 aromatic carbocycles. The Morgan fingerprint density at radius 2 is 1.88 bits per heavy atom. The first kappa shape index (κ1) is 18.9. The minimum Gasteiger partial charge on any atom is -0.494 e. The highest BCUT2D eigenvalue weighted by atomic mass is 35.5. The fourth-order valence-corrected chi connectivity index (χ4v) is 2.77. The molecule has 25 heavy (non-hydrogen) atoms. The van der Waals surface area contributed by atoms with Crippen LogP contribution >= 0.6 is 11.6 Å². The normalized spacial score (nSPS) is 10.3. The van der Waals surface area contributed by atoms with Gasteiger partial charge in [0.25, 0.3) is 0 Å². The molecule has 0 radical (unpaired) electrons. The van der Waals surface area contributed by atoms with Crippen LogP contribution in [0.1, 0.15) is 15.9 Å². The van der Waals surface area contributed by atoms with E-state index in [1.165, 1.54) is 32.4 Å². The smallest absolute Gasteiger partial charge is 0.341 e. The predicted molar refractivity (Wildman–Crippen MR) is 97.5 cm³/mol. The van der Waals surface area contributed by atoms with E-state index in [0.717, 1.165) is 5.56 Å². The van der Waals surface area contributed by atoms with Crippen LogP contribution in [-0.2, 0) is 11.2 Å². The van der Waals surface area contributed by atoms with Crippen molar-refractivity contribution in [2.75, 3.05) is 38.4 Å². The molecule has 0 unspecified atom stereocenters. The van der Waals surface area contributed by atoms with Crippen LogP contribution in [0.15, 0.2) is 30.3 Å². The van der Waals surface area contributed by atoms with Gasteiger partial charge < -0.3 is 20.1 Å². The van der Waals surface area contributed by atoms with E-state index in [1.54, 1.807) is 19.2 Å². The lowest BCUT2D eigenvalue weighted by atomic mass is 10.1. The van der Waals surface area contributed by atoms with Crippen molar-refractivity contribution >= 4 is 28.9 Å². The number of rotatable bonds is 7. The zero-order chi connectivity index (χ0) is 18.4. The zero-order valence-corrected chi connectivity index (χ0v) is 15.0. The maximum absolute atomic E-state index is 12.9. The Hall–Kier alpha value is -2.47. The molecule has 0 amide bonds. The van der Waals surface area contributed by atoms with Crippen molar-refractivity contribution in [1.29, 1.82) is 0 Å². The molecule has 0 heterocycles. The summed E-state index contributed by atoms with van der Waals surface area (Å²) in [5.74, 6) is -0.448. The lowest BCUT2D eigenvalue weighted by molar-refractivity contribution is 0.0597. The van der Waals surface area contributed by atoms with Crippen LogP contribution < -0.4 is 15.4 Å². The summed E-state index contributed by atoms with van der Waals surface area (Å²) in [6.45, 7) is 0.570. The Kier molecular flexibility index (Phi) is 6.47. The molecular formula is C18H20ClFN2O3. The number of benzene rings is 2. The monoisotopic (exact) mass is 366 g/mol. The Balaban J connectivity index is 2.24. The number of methoxy groups -OCH3 is 2. The minimum atomic E-state index is -0.534. The quantitative estimate of drug-likeness (QED) is 0.726. The van der Waals surface area contributed by atoms with Gasteiger partial charge in [-0.1, -0.05) is 23.7 Å². The van der Waals surface area contributed by atoms with E-state index < -0.39 is 5.97 Å². The van der Waals surface area contributed by atoms with E-state index in [0.29, 0.717) is 35.1 Å². The molecule has 0 atom stereocenters. The zero-order valence-electron chi connectivity index (χ0n) is 14.3. The van der Waals surface area contributed by atoms with Gasteiger partial charge in [-0.15, -0.1) is 0 Å². The third-order valence-corrected chi connectivity index (χ3v) is 4.02. The molecule has 0 saturated heterocycles. The van der Waals surface area contributed by atoms with Crippen LogP contribution in [0.4, 0.5) is 15.8 Å². The first-order valence-corrected chi connectivity index (χ1v) is 8.04. The topological polar surface area (TPSA) is 59.6 Å². The predicted octanol–water partition coefficient (Wildman–Crippen LogP) is 3.97. The first-order chi connectivity index (χ1) is 12.0. The second-order valence-corrected chi connectivity index (χ2v) is 5.64. The Morgan fingerprint density at radius 3 is 2.44 bits per heavy atom. The average molecular weight is 367 g/mol. The van der Waals surface area contributed by atoms with Crippen molar-refractivity contribution in [3.8, 4) is 5.75 Å². The molecule has 0 aliphatic carbocycles. The van der Waals surface area contributed by atoms with E-state index in [1.807, 2.05) is 0 Å². The summed E-state index contributed by atoms with van der Waals surface area (Å²) >= 11 is 6.33. The Morgan fingerprint density at radius 1 is 1.20 bits per heavy atom. The molecule has 134 valence electrons. The molecule has 0 saturated carbocycles. The maximum Gasteiger partial charge on any atom is 0.341 e. The van der Waals surface area contributed by atoms with E-state index in [9.17, 15) is 9.18 Å². The van der Waals surface area contributed by atoms with E-state index in [2.05, 4.69) is 10.6 Å². The molecule has 0 spiro atoms. The highest BCUT2D eigenvalue weighted by Gasteiger charge is 2.22. The van der Waals surface area contributed by atoms with Gasteiger partial charge in [0.05, 0.1) is 24.9 Å². The second-order valence-electron chi connectivity index (χ2n) is 5.23. The van der Waals surface area contributed by atoms with Gasteiger partial charge in [-0.25, -0.2) is 9.18 Å². The van der Waals surface area contributed by atoms with E-state index in [4.69, 9.17) is 21.1 Å². The average Bonchev–Trinajstić information content (AvgIpc) is 2.63. The van der Waals surface area contributed by atoms with Gasteiger partial charge >= 0.3 is 5.97 Å². The summed E-state index contributed by atoms with van der Waals surface area (Å²) in [6, 6.07) is 7.83. The number of ether oxygens (including phenoxy) is 2. The van der Waals surface area contributed by atoms with Crippen LogP contribution in [0.5, 0.6) is 5.75 Å². The highest BCUT2D eigenvalue weighted by molar-refractivity contribution is 6.34. The van der Waals surface area contributed by atoms with Gasteiger partial charge in [-0.05, 0) is 30.2 Å². The van der Waals surface area contributed by atoms with Crippen molar-refractivity contribution in [1.82, 2.24) is 0 Å². The van der Waals surface area contributed by atoms with Gasteiger partial charge in [0.1, 0.15) is 17.1 Å². The highest BCUT2D eigenvalue weighted by Crippen LogP contribution is 2.41. The molecule has 0 aromatic heterocycles. The van der Waals surface area contributed by atoms with Crippen molar-refractivity contribution in [3.05, 3.63) is 52.3 Å². The number of halogens is 2. The molecule has 0 bridgehead atoms. The van der Waals surface area contributed by atoms with Crippen LogP contribution in [-0.4, -0.2) is 33.8 Å². The molecule has 2 N–H and O–H groups in total. The minimum absolute atomic E-state index is 0.239. The second kappa shape index (κ2) is 8.58. The lowest BCUT2D eigenvalue weighted by Gasteiger charge is -2.19. The SMILES string of the molecule is CNc1c(NCCc2ccc(F)cc2)c(Cl)cc(C(=O)OC)c1OC. The van der Waals surface area contributed by atoms with Crippen LogP contribution in [0, 0.1) is 5.82 Å². The molecule has 2 rings (SSSR count). The molecule has 0 fully saturated rings. The number of carbonyl (C=O) groups is 1. The number of hydrogen-bond donors (Lipinski definition) is 2. The molecule has 0 aliphatic rings. The fourth-order valence-electron chi connectivity index (χ4n) is 2.50. The third kappa shape index (κ3) is 4.33. The van der Waals surface area contributed by atoms with Crippen LogP contribution in [0.2, 0.25) is 5.02 Å². The Bertz CT molecular complexity index is 751. The molecule has 7 heteroatoms. The number of anilines is 2. The first-order valence-electron chi connectivity index (χ1n) is 7.66. The summed E-state index contributed by atoms with van der Waals surface area (Å²) in [5.41, 5.74) is 2.42. The summed E-state index contributed by atoms with van der Waals surface area (Å²) in [4.78, 5) is 11.9. The Labute approximate surface area is 151 Å². The molecule has 5 nitrogen and oxygen atoms in total. The number of hydrogen-bond acceptors (Lipinski definition) is 5.